The van der Waals surface area contributed by atoms with E-state index < -0.39 is 40.0 Å². The van der Waals surface area contributed by atoms with Gasteiger partial charge in [0, 0.05) is 17.8 Å². The van der Waals surface area contributed by atoms with Crippen LogP contribution in [0, 0.1) is 17.0 Å². The second kappa shape index (κ2) is 8.24. The molecule has 0 heterocycles. The van der Waals surface area contributed by atoms with Gasteiger partial charge in [0.05, 0.1) is 13.2 Å². The van der Waals surface area contributed by atoms with Gasteiger partial charge in [-0.3, -0.25) is 10.1 Å². The average Bonchev–Trinajstić information content (AvgIpc) is 2.61. The van der Waals surface area contributed by atoms with Gasteiger partial charge in [0.2, 0.25) is 11.2 Å². The van der Waals surface area contributed by atoms with Crippen molar-refractivity contribution in [2.45, 2.75) is 56.8 Å². The van der Waals surface area contributed by atoms with Crippen molar-refractivity contribution in [1.82, 2.24) is 0 Å². The molecule has 0 spiro atoms. The fraction of sp³-hybridized carbons (Fsp3) is 0.579. The molecule has 0 aromatic heterocycles. The molecule has 0 amide bonds. The maximum Gasteiger partial charge on any atom is 0.345 e. The Kier molecular flexibility index (Phi) is 6.41. The standard InChI is InChI=1S/C19H25NO8/c1-4-27-16(21)18(23)10-14(13-8-6-12(3)7-9-13)11-19(24,15(18)20(25)26)17(22)28-5-2/h6-9,14-15,23-24H,4-5,10-11H2,1-3H3/t14-,15-,18-,19+. The first-order valence-corrected chi connectivity index (χ1v) is 9.09. The lowest BCUT2D eigenvalue weighted by atomic mass is 9.64. The van der Waals surface area contributed by atoms with E-state index in [1.165, 1.54) is 13.8 Å². The Bertz CT molecular complexity index is 715. The average molecular weight is 395 g/mol. The summed E-state index contributed by atoms with van der Waals surface area (Å²) in [6.07, 6.45) is -0.746. The molecule has 1 saturated carbocycles. The summed E-state index contributed by atoms with van der Waals surface area (Å²) in [6.45, 7) is 4.59. The molecule has 1 aromatic carbocycles. The number of hydrogen-bond acceptors (Lipinski definition) is 8. The third kappa shape index (κ3) is 3.85. The molecule has 0 unspecified atom stereocenters. The topological polar surface area (TPSA) is 136 Å². The van der Waals surface area contributed by atoms with Gasteiger partial charge in [-0.05, 0) is 32.3 Å². The maximum atomic E-state index is 12.5. The van der Waals surface area contributed by atoms with Crippen molar-refractivity contribution in [3.63, 3.8) is 0 Å². The van der Waals surface area contributed by atoms with Crippen molar-refractivity contribution in [2.75, 3.05) is 13.2 Å². The normalized spacial score (nSPS) is 29.8. The Balaban J connectivity index is 2.60. The van der Waals surface area contributed by atoms with Crippen molar-refractivity contribution in [1.29, 1.82) is 0 Å². The fourth-order valence-electron chi connectivity index (χ4n) is 3.77. The number of rotatable bonds is 6. The summed E-state index contributed by atoms with van der Waals surface area (Å²) in [4.78, 5) is 35.7. The summed E-state index contributed by atoms with van der Waals surface area (Å²) < 4.78 is 9.69. The second-order valence-electron chi connectivity index (χ2n) is 6.99. The fourth-order valence-corrected chi connectivity index (χ4v) is 3.77. The molecule has 0 bridgehead atoms. The van der Waals surface area contributed by atoms with Gasteiger partial charge in [0.25, 0.3) is 6.04 Å². The highest BCUT2D eigenvalue weighted by Crippen LogP contribution is 2.46. The van der Waals surface area contributed by atoms with E-state index in [1.54, 1.807) is 24.3 Å². The van der Waals surface area contributed by atoms with Gasteiger partial charge < -0.3 is 19.7 Å². The van der Waals surface area contributed by atoms with Crippen molar-refractivity contribution < 1.29 is 34.2 Å². The summed E-state index contributed by atoms with van der Waals surface area (Å²) in [5.74, 6) is -3.21. The summed E-state index contributed by atoms with van der Waals surface area (Å²) >= 11 is 0. The quantitative estimate of drug-likeness (QED) is 0.415. The van der Waals surface area contributed by atoms with Crippen LogP contribution < -0.4 is 0 Å². The predicted octanol–water partition coefficient (Wildman–Crippen LogP) is 1.11. The number of nitrogens with zero attached hydrogens (tertiary/aromatic N) is 1. The van der Waals surface area contributed by atoms with E-state index in [0.29, 0.717) is 5.56 Å². The van der Waals surface area contributed by atoms with Gasteiger partial charge in [-0.2, -0.15) is 0 Å². The largest absolute Gasteiger partial charge is 0.464 e. The van der Waals surface area contributed by atoms with Gasteiger partial charge in [-0.15, -0.1) is 0 Å². The Hall–Kier alpha value is -2.52. The molecule has 4 atom stereocenters. The van der Waals surface area contributed by atoms with Crippen LogP contribution in [0.4, 0.5) is 0 Å². The van der Waals surface area contributed by atoms with Crippen LogP contribution >= 0.6 is 0 Å². The van der Waals surface area contributed by atoms with Crippen molar-refractivity contribution in [2.24, 2.45) is 0 Å². The van der Waals surface area contributed by atoms with Crippen molar-refractivity contribution >= 4 is 11.9 Å². The molecule has 1 aromatic rings. The molecule has 0 radical (unpaired) electrons. The number of hydrogen-bond donors (Lipinski definition) is 2. The zero-order chi connectivity index (χ0) is 21.1. The Labute approximate surface area is 162 Å². The number of carbonyl (C=O) groups excluding carboxylic acids is 2. The third-order valence-corrected chi connectivity index (χ3v) is 5.04. The third-order valence-electron chi connectivity index (χ3n) is 5.04. The van der Waals surface area contributed by atoms with Crippen LogP contribution in [-0.4, -0.2) is 57.5 Å². The lowest BCUT2D eigenvalue weighted by Crippen LogP contribution is -2.70. The second-order valence-corrected chi connectivity index (χ2v) is 6.99. The predicted molar refractivity (Wildman–Crippen MR) is 97.1 cm³/mol. The molecule has 28 heavy (non-hydrogen) atoms. The van der Waals surface area contributed by atoms with E-state index >= 15 is 0 Å². The molecule has 154 valence electrons. The summed E-state index contributed by atoms with van der Waals surface area (Å²) in [7, 11) is 0. The monoisotopic (exact) mass is 395 g/mol. The number of aryl methyl sites for hydroxylation is 1. The number of ether oxygens (including phenoxy) is 2. The number of aliphatic hydroxyl groups is 2. The van der Waals surface area contributed by atoms with Crippen LogP contribution in [0.15, 0.2) is 24.3 Å². The first kappa shape index (κ1) is 21.8. The lowest BCUT2D eigenvalue weighted by molar-refractivity contribution is -0.566. The SMILES string of the molecule is CCOC(=O)[C@]1(O)C[C@H](c2ccc(C)cc2)C[C@](O)(C(=O)OCC)[C@H]1[N+](=O)[O-]. The molecule has 2 N–H and O–H groups in total. The molecule has 1 aliphatic carbocycles. The Morgan fingerprint density at radius 3 is 1.86 bits per heavy atom. The molecule has 0 aliphatic heterocycles. The number of esters is 2. The number of carbonyl (C=O) groups is 2. The zero-order valence-electron chi connectivity index (χ0n) is 16.1. The highest BCUT2D eigenvalue weighted by atomic mass is 16.6. The van der Waals surface area contributed by atoms with Crippen molar-refractivity contribution in [3.05, 3.63) is 45.5 Å². The Morgan fingerprint density at radius 2 is 1.50 bits per heavy atom. The number of benzene rings is 1. The van der Waals surface area contributed by atoms with Crippen LogP contribution in [0.5, 0.6) is 0 Å². The molecule has 2 rings (SSSR count). The van der Waals surface area contributed by atoms with Gasteiger partial charge in [-0.25, -0.2) is 9.59 Å². The first-order chi connectivity index (χ1) is 13.1. The zero-order valence-corrected chi connectivity index (χ0v) is 16.1. The number of nitro groups is 1. The molecular formula is C19H25NO8. The molecule has 9 nitrogen and oxygen atoms in total. The van der Waals surface area contributed by atoms with E-state index in [0.717, 1.165) is 5.56 Å². The van der Waals surface area contributed by atoms with Crippen LogP contribution in [-0.2, 0) is 19.1 Å². The van der Waals surface area contributed by atoms with Crippen LogP contribution in [0.2, 0.25) is 0 Å². The van der Waals surface area contributed by atoms with Crippen LogP contribution in [0.1, 0.15) is 43.7 Å². The highest BCUT2D eigenvalue weighted by Gasteiger charge is 2.71. The van der Waals surface area contributed by atoms with E-state index in [9.17, 15) is 29.9 Å². The minimum Gasteiger partial charge on any atom is -0.464 e. The van der Waals surface area contributed by atoms with Gasteiger partial charge in [0.1, 0.15) is 0 Å². The van der Waals surface area contributed by atoms with E-state index in [-0.39, 0.29) is 26.1 Å². The first-order valence-electron chi connectivity index (χ1n) is 9.09. The van der Waals surface area contributed by atoms with Crippen LogP contribution in [0.3, 0.4) is 0 Å². The van der Waals surface area contributed by atoms with E-state index in [2.05, 4.69) is 0 Å². The van der Waals surface area contributed by atoms with Gasteiger partial charge in [0.15, 0.2) is 0 Å². The minimum absolute atomic E-state index is 0.126. The summed E-state index contributed by atoms with van der Waals surface area (Å²) in [5, 5.41) is 33.9. The van der Waals surface area contributed by atoms with Gasteiger partial charge >= 0.3 is 11.9 Å². The Morgan fingerprint density at radius 1 is 1.07 bits per heavy atom. The summed E-state index contributed by atoms with van der Waals surface area (Å²) in [5.41, 5.74) is -3.81. The van der Waals surface area contributed by atoms with E-state index in [1.807, 2.05) is 6.92 Å². The summed E-state index contributed by atoms with van der Waals surface area (Å²) in [6, 6.07) is 4.72. The highest BCUT2D eigenvalue weighted by molar-refractivity contribution is 5.86. The van der Waals surface area contributed by atoms with Crippen molar-refractivity contribution in [3.8, 4) is 0 Å². The van der Waals surface area contributed by atoms with Gasteiger partial charge in [-0.1, -0.05) is 29.8 Å². The van der Waals surface area contributed by atoms with E-state index in [4.69, 9.17) is 9.47 Å². The molecule has 0 saturated heterocycles. The molecular weight excluding hydrogens is 370 g/mol. The maximum absolute atomic E-state index is 12.5. The molecule has 1 fully saturated rings. The molecule has 9 heteroatoms. The van der Waals surface area contributed by atoms with Crippen LogP contribution in [0.25, 0.3) is 0 Å². The lowest BCUT2D eigenvalue weighted by Gasteiger charge is -2.44. The smallest absolute Gasteiger partial charge is 0.345 e. The minimum atomic E-state index is -2.70. The molecule has 1 aliphatic rings.